The fourth-order valence-electron chi connectivity index (χ4n) is 7.30. The second-order valence-corrected chi connectivity index (χ2v) is 12.8. The highest BCUT2D eigenvalue weighted by molar-refractivity contribution is 6.12. The van der Waals surface area contributed by atoms with Crippen molar-refractivity contribution >= 4 is 43.5 Å². The standard InChI is InChI=1S/C47H29N3O/c1-2-13-31(14-3-1)45-48-46(50-47(49-45)41-23-11-25-43-44(41)40-20-6-7-24-42(40)51-43)39-22-10-18-35-29-33(26-27-38(35)39)32-16-8-17-34(28-32)37-21-9-15-30-12-4-5-19-36(30)37/h1-29H. The van der Waals surface area contributed by atoms with Crippen LogP contribution in [-0.2, 0) is 0 Å². The Labute approximate surface area is 294 Å². The normalized spacial score (nSPS) is 11.5. The van der Waals surface area contributed by atoms with Gasteiger partial charge in [-0.3, -0.25) is 0 Å². The van der Waals surface area contributed by atoms with Gasteiger partial charge in [-0.2, -0.15) is 0 Å². The van der Waals surface area contributed by atoms with Gasteiger partial charge in [0.1, 0.15) is 11.2 Å². The van der Waals surface area contributed by atoms with E-state index in [1.165, 1.54) is 27.5 Å². The lowest BCUT2D eigenvalue weighted by Gasteiger charge is -2.12. The average Bonchev–Trinajstić information content (AvgIpc) is 3.59. The van der Waals surface area contributed by atoms with Crippen LogP contribution in [0.4, 0.5) is 0 Å². The lowest BCUT2D eigenvalue weighted by molar-refractivity contribution is 0.669. The van der Waals surface area contributed by atoms with E-state index < -0.39 is 0 Å². The van der Waals surface area contributed by atoms with Crippen molar-refractivity contribution < 1.29 is 4.42 Å². The molecule has 0 aliphatic rings. The third kappa shape index (κ3) is 5.04. The molecule has 238 valence electrons. The minimum atomic E-state index is 0.606. The maximum absolute atomic E-state index is 6.23. The SMILES string of the molecule is c1ccc(-c2nc(-c3cccc4cc(-c5cccc(-c6cccc7ccccc67)c5)ccc34)nc(-c3cccc4oc5ccccc5c34)n2)cc1. The van der Waals surface area contributed by atoms with Gasteiger partial charge in [0.25, 0.3) is 0 Å². The Morgan fingerprint density at radius 3 is 1.78 bits per heavy atom. The third-order valence-electron chi connectivity index (χ3n) is 9.73. The Balaban J connectivity index is 1.12. The summed E-state index contributed by atoms with van der Waals surface area (Å²) in [5.74, 6) is 1.86. The molecule has 51 heavy (non-hydrogen) atoms. The van der Waals surface area contributed by atoms with E-state index in [9.17, 15) is 0 Å². The predicted octanol–water partition coefficient (Wildman–Crippen LogP) is 12.4. The molecule has 0 radical (unpaired) electrons. The topological polar surface area (TPSA) is 51.8 Å². The lowest BCUT2D eigenvalue weighted by atomic mass is 9.94. The molecule has 0 aliphatic carbocycles. The van der Waals surface area contributed by atoms with Crippen LogP contribution in [0.5, 0.6) is 0 Å². The van der Waals surface area contributed by atoms with Crippen LogP contribution in [0.1, 0.15) is 0 Å². The van der Waals surface area contributed by atoms with Gasteiger partial charge < -0.3 is 4.42 Å². The number of rotatable bonds is 5. The fourth-order valence-corrected chi connectivity index (χ4v) is 7.30. The van der Waals surface area contributed by atoms with Crippen LogP contribution < -0.4 is 0 Å². The summed E-state index contributed by atoms with van der Waals surface area (Å²) in [5.41, 5.74) is 9.19. The second-order valence-electron chi connectivity index (χ2n) is 12.8. The summed E-state index contributed by atoms with van der Waals surface area (Å²) in [6.45, 7) is 0. The van der Waals surface area contributed by atoms with Gasteiger partial charge >= 0.3 is 0 Å². The largest absolute Gasteiger partial charge is 0.456 e. The number of benzene rings is 8. The molecule has 0 spiro atoms. The Hall–Kier alpha value is -6.91. The highest BCUT2D eigenvalue weighted by atomic mass is 16.3. The first kappa shape index (κ1) is 29.0. The lowest BCUT2D eigenvalue weighted by Crippen LogP contribution is -2.00. The quantitative estimate of drug-likeness (QED) is 0.186. The number of nitrogens with zero attached hydrogens (tertiary/aromatic N) is 3. The minimum absolute atomic E-state index is 0.606. The van der Waals surface area contributed by atoms with Gasteiger partial charge in [0.05, 0.1) is 0 Å². The Morgan fingerprint density at radius 2 is 0.882 bits per heavy atom. The Bertz CT molecular complexity index is 2920. The third-order valence-corrected chi connectivity index (χ3v) is 9.73. The smallest absolute Gasteiger partial charge is 0.164 e. The van der Waals surface area contributed by atoms with Crippen molar-refractivity contribution in [2.75, 3.05) is 0 Å². The highest BCUT2D eigenvalue weighted by Gasteiger charge is 2.18. The van der Waals surface area contributed by atoms with Crippen molar-refractivity contribution in [3.05, 3.63) is 176 Å². The summed E-state index contributed by atoms with van der Waals surface area (Å²) in [4.78, 5) is 15.3. The van der Waals surface area contributed by atoms with Gasteiger partial charge in [-0.15, -0.1) is 0 Å². The number of hydrogen-bond acceptors (Lipinski definition) is 4. The van der Waals surface area contributed by atoms with Gasteiger partial charge in [-0.25, -0.2) is 15.0 Å². The fraction of sp³-hybridized carbons (Fsp3) is 0. The van der Waals surface area contributed by atoms with Crippen molar-refractivity contribution in [1.82, 2.24) is 15.0 Å². The molecule has 4 nitrogen and oxygen atoms in total. The maximum atomic E-state index is 6.23. The molecular formula is C47H29N3O. The van der Waals surface area contributed by atoms with E-state index in [1.807, 2.05) is 60.7 Å². The summed E-state index contributed by atoms with van der Waals surface area (Å²) in [5, 5.41) is 6.72. The predicted molar refractivity (Wildman–Crippen MR) is 209 cm³/mol. The second kappa shape index (κ2) is 11.9. The first-order valence-electron chi connectivity index (χ1n) is 17.1. The van der Waals surface area contributed by atoms with Crippen molar-refractivity contribution in [2.24, 2.45) is 0 Å². The van der Waals surface area contributed by atoms with Crippen molar-refractivity contribution in [1.29, 1.82) is 0 Å². The molecule has 0 amide bonds. The first-order valence-corrected chi connectivity index (χ1v) is 17.1. The molecule has 2 heterocycles. The minimum Gasteiger partial charge on any atom is -0.456 e. The molecule has 0 N–H and O–H groups in total. The van der Waals surface area contributed by atoms with Crippen LogP contribution in [0.25, 0.3) is 99.9 Å². The molecule has 0 bridgehead atoms. The molecule has 0 aliphatic heterocycles. The van der Waals surface area contributed by atoms with Crippen molar-refractivity contribution in [2.45, 2.75) is 0 Å². The monoisotopic (exact) mass is 651 g/mol. The Kier molecular flexibility index (Phi) is 6.78. The van der Waals surface area contributed by atoms with Crippen molar-refractivity contribution in [3.63, 3.8) is 0 Å². The first-order chi connectivity index (χ1) is 25.3. The number of para-hydroxylation sites is 1. The molecule has 4 heteroatoms. The molecule has 2 aromatic heterocycles. The molecule has 8 aromatic carbocycles. The molecule has 0 fully saturated rings. The number of furan rings is 1. The summed E-state index contributed by atoms with van der Waals surface area (Å²) in [7, 11) is 0. The van der Waals surface area contributed by atoms with Gasteiger partial charge in [-0.05, 0) is 68.1 Å². The highest BCUT2D eigenvalue weighted by Crippen LogP contribution is 2.38. The zero-order valence-corrected chi connectivity index (χ0v) is 27.5. The van der Waals surface area contributed by atoms with Crippen LogP contribution in [0.15, 0.2) is 180 Å². The van der Waals surface area contributed by atoms with E-state index in [4.69, 9.17) is 19.4 Å². The summed E-state index contributed by atoms with van der Waals surface area (Å²) in [6.07, 6.45) is 0. The number of hydrogen-bond donors (Lipinski definition) is 0. The van der Waals surface area contributed by atoms with E-state index in [0.717, 1.165) is 55.0 Å². The van der Waals surface area contributed by atoms with Crippen molar-refractivity contribution in [3.8, 4) is 56.4 Å². The van der Waals surface area contributed by atoms with Gasteiger partial charge in [0, 0.05) is 27.5 Å². The van der Waals surface area contributed by atoms with E-state index in [2.05, 4.69) is 115 Å². The van der Waals surface area contributed by atoms with E-state index in [1.54, 1.807) is 0 Å². The molecule has 0 atom stereocenters. The van der Waals surface area contributed by atoms with E-state index in [0.29, 0.717) is 17.5 Å². The average molecular weight is 652 g/mol. The van der Waals surface area contributed by atoms with E-state index >= 15 is 0 Å². The van der Waals surface area contributed by atoms with E-state index in [-0.39, 0.29) is 0 Å². The van der Waals surface area contributed by atoms with Crippen LogP contribution in [0, 0.1) is 0 Å². The molecule has 10 rings (SSSR count). The number of fused-ring (bicyclic) bond motifs is 5. The van der Waals surface area contributed by atoms with Crippen LogP contribution >= 0.6 is 0 Å². The van der Waals surface area contributed by atoms with Crippen LogP contribution in [-0.4, -0.2) is 15.0 Å². The van der Waals surface area contributed by atoms with Gasteiger partial charge in [0.2, 0.25) is 0 Å². The van der Waals surface area contributed by atoms with Gasteiger partial charge in [0.15, 0.2) is 17.5 Å². The van der Waals surface area contributed by atoms with Gasteiger partial charge in [-0.1, -0.05) is 152 Å². The molecule has 0 saturated heterocycles. The molecule has 10 aromatic rings. The van der Waals surface area contributed by atoms with Crippen LogP contribution in [0.3, 0.4) is 0 Å². The molecule has 0 unspecified atom stereocenters. The summed E-state index contributed by atoms with van der Waals surface area (Å²) >= 11 is 0. The summed E-state index contributed by atoms with van der Waals surface area (Å²) < 4.78 is 6.23. The number of aromatic nitrogens is 3. The Morgan fingerprint density at radius 1 is 0.314 bits per heavy atom. The summed E-state index contributed by atoms with van der Waals surface area (Å²) in [6, 6.07) is 61.2. The maximum Gasteiger partial charge on any atom is 0.164 e. The molecular weight excluding hydrogens is 623 g/mol. The zero-order valence-electron chi connectivity index (χ0n) is 27.5. The molecule has 0 saturated carbocycles. The zero-order chi connectivity index (χ0) is 33.7. The van der Waals surface area contributed by atoms with Crippen LogP contribution in [0.2, 0.25) is 0 Å².